The molecule has 0 aromatic heterocycles. The van der Waals surface area contributed by atoms with Gasteiger partial charge in [0, 0.05) is 25.0 Å². The van der Waals surface area contributed by atoms with Crippen molar-refractivity contribution in [2.75, 3.05) is 13.1 Å². The quantitative estimate of drug-likeness (QED) is 0.869. The van der Waals surface area contributed by atoms with Gasteiger partial charge in [-0.2, -0.15) is 0 Å². The van der Waals surface area contributed by atoms with Crippen molar-refractivity contribution in [1.29, 1.82) is 0 Å². The maximum atomic E-state index is 12.7. The highest BCUT2D eigenvalue weighted by Gasteiger charge is 2.35. The largest absolute Gasteiger partial charge is 0.342 e. The van der Waals surface area contributed by atoms with E-state index in [0.717, 1.165) is 38.8 Å². The molecule has 1 aliphatic heterocycles. The van der Waals surface area contributed by atoms with Crippen LogP contribution >= 0.6 is 12.4 Å². The number of amides is 1. The number of rotatable bonds is 3. The van der Waals surface area contributed by atoms with Crippen LogP contribution in [-0.2, 0) is 4.79 Å². The van der Waals surface area contributed by atoms with Crippen molar-refractivity contribution in [2.24, 2.45) is 17.1 Å². The topological polar surface area (TPSA) is 46.3 Å². The van der Waals surface area contributed by atoms with Gasteiger partial charge in [0.1, 0.15) is 0 Å². The second-order valence-corrected chi connectivity index (χ2v) is 7.05. The lowest BCUT2D eigenvalue weighted by molar-refractivity contribution is -0.140. The summed E-state index contributed by atoms with van der Waals surface area (Å²) in [5.41, 5.74) is 6.37. The monoisotopic (exact) mass is 302 g/mol. The molecular formula is C16H31ClN2O. The standard InChI is InChI=1S/C16H30N2O.ClH/c1-3-8-16(2)9-5-10-18(12-16)15(19)13-6-4-7-14(17)11-13;/h13-14H,3-12,17H2,1-2H3;1H. The van der Waals surface area contributed by atoms with Crippen LogP contribution in [0.4, 0.5) is 0 Å². The molecule has 2 rings (SSSR count). The maximum absolute atomic E-state index is 12.7. The first-order valence-electron chi connectivity index (χ1n) is 8.08. The average Bonchev–Trinajstić information content (AvgIpc) is 2.38. The van der Waals surface area contributed by atoms with Crippen molar-refractivity contribution in [1.82, 2.24) is 4.90 Å². The summed E-state index contributed by atoms with van der Waals surface area (Å²) in [6, 6.07) is 0.245. The number of likely N-dealkylation sites (tertiary alicyclic amines) is 1. The first-order valence-corrected chi connectivity index (χ1v) is 8.08. The molecule has 2 aliphatic rings. The van der Waals surface area contributed by atoms with Gasteiger partial charge >= 0.3 is 0 Å². The third kappa shape index (κ3) is 4.36. The summed E-state index contributed by atoms with van der Waals surface area (Å²) in [7, 11) is 0. The molecule has 2 N–H and O–H groups in total. The molecule has 1 saturated heterocycles. The minimum atomic E-state index is 0. The first-order chi connectivity index (χ1) is 9.04. The SMILES string of the molecule is CCCC1(C)CCCN(C(=O)C2CCCC(N)C2)C1.Cl. The molecule has 2 fully saturated rings. The van der Waals surface area contributed by atoms with Crippen molar-refractivity contribution >= 4 is 18.3 Å². The summed E-state index contributed by atoms with van der Waals surface area (Å²) in [6.07, 6.45) is 9.06. The molecule has 0 spiro atoms. The van der Waals surface area contributed by atoms with Crippen molar-refractivity contribution in [2.45, 2.75) is 71.3 Å². The smallest absolute Gasteiger partial charge is 0.225 e. The zero-order chi connectivity index (χ0) is 13.9. The highest BCUT2D eigenvalue weighted by Crippen LogP contribution is 2.35. The fraction of sp³-hybridized carbons (Fsp3) is 0.938. The van der Waals surface area contributed by atoms with Gasteiger partial charge < -0.3 is 10.6 Å². The van der Waals surface area contributed by atoms with Crippen LogP contribution in [0, 0.1) is 11.3 Å². The van der Waals surface area contributed by atoms with Crippen LogP contribution in [0.2, 0.25) is 0 Å². The summed E-state index contributed by atoms with van der Waals surface area (Å²) >= 11 is 0. The molecule has 1 saturated carbocycles. The molecule has 20 heavy (non-hydrogen) atoms. The Morgan fingerprint density at radius 3 is 2.75 bits per heavy atom. The molecule has 0 aromatic carbocycles. The predicted octanol–water partition coefficient (Wildman–Crippen LogP) is 3.35. The summed E-state index contributed by atoms with van der Waals surface area (Å²) < 4.78 is 0. The maximum Gasteiger partial charge on any atom is 0.225 e. The molecule has 3 atom stereocenters. The van der Waals surface area contributed by atoms with Crippen LogP contribution in [-0.4, -0.2) is 29.9 Å². The number of piperidine rings is 1. The molecule has 0 radical (unpaired) electrons. The van der Waals surface area contributed by atoms with Gasteiger partial charge in [0.05, 0.1) is 0 Å². The zero-order valence-corrected chi connectivity index (χ0v) is 13.9. The molecule has 0 aromatic rings. The van der Waals surface area contributed by atoms with Crippen LogP contribution in [0.15, 0.2) is 0 Å². The van der Waals surface area contributed by atoms with E-state index < -0.39 is 0 Å². The summed E-state index contributed by atoms with van der Waals surface area (Å²) in [6.45, 7) is 6.52. The third-order valence-electron chi connectivity index (χ3n) is 5.01. The van der Waals surface area contributed by atoms with Gasteiger partial charge in [0.2, 0.25) is 5.91 Å². The summed E-state index contributed by atoms with van der Waals surface area (Å²) in [4.78, 5) is 14.8. The molecule has 1 amide bonds. The number of nitrogens with two attached hydrogens (primary N) is 1. The van der Waals surface area contributed by atoms with E-state index >= 15 is 0 Å². The van der Waals surface area contributed by atoms with Crippen molar-refractivity contribution < 1.29 is 4.79 Å². The zero-order valence-electron chi connectivity index (χ0n) is 13.1. The minimum absolute atomic E-state index is 0. The second-order valence-electron chi connectivity index (χ2n) is 7.05. The van der Waals surface area contributed by atoms with E-state index in [1.807, 2.05) is 0 Å². The Bertz CT molecular complexity index is 320. The molecule has 4 heteroatoms. The Morgan fingerprint density at radius 1 is 1.35 bits per heavy atom. The fourth-order valence-corrected chi connectivity index (χ4v) is 4.02. The number of carbonyl (C=O) groups excluding carboxylic acids is 1. The molecule has 1 heterocycles. The lowest BCUT2D eigenvalue weighted by Gasteiger charge is -2.42. The summed E-state index contributed by atoms with van der Waals surface area (Å²) in [5, 5.41) is 0. The molecular weight excluding hydrogens is 272 g/mol. The van der Waals surface area contributed by atoms with E-state index in [-0.39, 0.29) is 24.4 Å². The lowest BCUT2D eigenvalue weighted by Crippen LogP contribution is -2.48. The van der Waals surface area contributed by atoms with Crippen LogP contribution < -0.4 is 5.73 Å². The average molecular weight is 303 g/mol. The van der Waals surface area contributed by atoms with Crippen molar-refractivity contribution in [3.63, 3.8) is 0 Å². The van der Waals surface area contributed by atoms with Gasteiger partial charge in [-0.25, -0.2) is 0 Å². The fourth-order valence-electron chi connectivity index (χ4n) is 4.02. The highest BCUT2D eigenvalue weighted by molar-refractivity contribution is 5.85. The Balaban J connectivity index is 0.00000200. The van der Waals surface area contributed by atoms with Crippen molar-refractivity contribution in [3.05, 3.63) is 0 Å². The van der Waals surface area contributed by atoms with Gasteiger partial charge in [0.15, 0.2) is 0 Å². The van der Waals surface area contributed by atoms with Crippen LogP contribution in [0.25, 0.3) is 0 Å². The van der Waals surface area contributed by atoms with E-state index in [2.05, 4.69) is 18.7 Å². The normalized spacial score (nSPS) is 34.5. The van der Waals surface area contributed by atoms with E-state index in [1.54, 1.807) is 0 Å². The Kier molecular flexibility index (Phi) is 6.80. The molecule has 118 valence electrons. The van der Waals surface area contributed by atoms with E-state index in [0.29, 0.717) is 11.3 Å². The van der Waals surface area contributed by atoms with Gasteiger partial charge in [-0.3, -0.25) is 4.79 Å². The minimum Gasteiger partial charge on any atom is -0.342 e. The van der Waals surface area contributed by atoms with Gasteiger partial charge in [-0.05, 0) is 43.9 Å². The molecule has 0 bridgehead atoms. The van der Waals surface area contributed by atoms with Gasteiger partial charge in [-0.1, -0.05) is 26.7 Å². The van der Waals surface area contributed by atoms with E-state index in [4.69, 9.17) is 5.73 Å². The van der Waals surface area contributed by atoms with Gasteiger partial charge in [-0.15, -0.1) is 12.4 Å². The first kappa shape index (κ1) is 17.8. The van der Waals surface area contributed by atoms with Crippen LogP contribution in [0.1, 0.15) is 65.2 Å². The Hall–Kier alpha value is -0.280. The lowest BCUT2D eigenvalue weighted by atomic mass is 9.77. The van der Waals surface area contributed by atoms with E-state index in [1.165, 1.54) is 25.7 Å². The van der Waals surface area contributed by atoms with Gasteiger partial charge in [0.25, 0.3) is 0 Å². The number of hydrogen-bond acceptors (Lipinski definition) is 2. The van der Waals surface area contributed by atoms with Crippen LogP contribution in [0.5, 0.6) is 0 Å². The number of carbonyl (C=O) groups is 1. The van der Waals surface area contributed by atoms with Crippen molar-refractivity contribution in [3.8, 4) is 0 Å². The number of halogens is 1. The third-order valence-corrected chi connectivity index (χ3v) is 5.01. The number of hydrogen-bond donors (Lipinski definition) is 1. The number of nitrogens with zero attached hydrogens (tertiary/aromatic N) is 1. The second kappa shape index (κ2) is 7.65. The van der Waals surface area contributed by atoms with E-state index in [9.17, 15) is 4.79 Å². The molecule has 1 aliphatic carbocycles. The molecule has 3 nitrogen and oxygen atoms in total. The molecule has 3 unspecified atom stereocenters. The highest BCUT2D eigenvalue weighted by atomic mass is 35.5. The Morgan fingerprint density at radius 2 is 2.10 bits per heavy atom. The summed E-state index contributed by atoms with van der Waals surface area (Å²) in [5.74, 6) is 0.588. The Labute approximate surface area is 130 Å². The predicted molar refractivity (Wildman–Crippen MR) is 86.0 cm³/mol. The van der Waals surface area contributed by atoms with Crippen LogP contribution in [0.3, 0.4) is 0 Å².